The summed E-state index contributed by atoms with van der Waals surface area (Å²) in [5, 5.41) is 6.52. The molecule has 0 saturated heterocycles. The van der Waals surface area contributed by atoms with E-state index in [2.05, 4.69) is 15.2 Å². The van der Waals surface area contributed by atoms with E-state index in [0.717, 1.165) is 22.5 Å². The molecule has 2 N–H and O–H groups in total. The number of nitrogens with zero attached hydrogens (tertiary/aromatic N) is 1. The molecule has 0 radical (unpaired) electrons. The minimum atomic E-state index is -3.69. The number of nitrogens with one attached hydrogen (secondary N) is 2. The molecule has 9 heteroatoms. The van der Waals surface area contributed by atoms with Crippen molar-refractivity contribution in [3.63, 3.8) is 0 Å². The predicted molar refractivity (Wildman–Crippen MR) is 116 cm³/mol. The van der Waals surface area contributed by atoms with E-state index in [9.17, 15) is 13.2 Å². The maximum atomic E-state index is 12.7. The lowest BCUT2D eigenvalue weighted by Crippen LogP contribution is -2.12. The first-order valence-electron chi connectivity index (χ1n) is 8.77. The van der Waals surface area contributed by atoms with E-state index in [-0.39, 0.29) is 10.1 Å². The van der Waals surface area contributed by atoms with Gasteiger partial charge in [-0.25, -0.2) is 8.42 Å². The molecule has 2 heterocycles. The smallest absolute Gasteiger partial charge is 0.271 e. The number of carbonyl (C=O) groups is 1. The highest BCUT2D eigenvalue weighted by Gasteiger charge is 2.18. The second-order valence-corrected chi connectivity index (χ2v) is 9.63. The Morgan fingerprint density at radius 1 is 1.14 bits per heavy atom. The zero-order valence-corrected chi connectivity index (χ0v) is 18.1. The second kappa shape index (κ2) is 8.22. The Kier molecular flexibility index (Phi) is 5.90. The van der Waals surface area contributed by atoms with Crippen LogP contribution in [0.2, 0.25) is 0 Å². The number of amides is 1. The third-order valence-corrected chi connectivity index (χ3v) is 7.00. The third kappa shape index (κ3) is 4.93. The topological polar surface area (TPSA) is 101 Å². The fourth-order valence-corrected chi connectivity index (χ4v) is 4.95. The van der Waals surface area contributed by atoms with Crippen molar-refractivity contribution in [2.75, 3.05) is 10.0 Å². The van der Waals surface area contributed by atoms with Crippen LogP contribution in [0.25, 0.3) is 12.2 Å². The molecule has 1 aromatic carbocycles. The summed E-state index contributed by atoms with van der Waals surface area (Å²) in [6, 6.07) is 8.87. The molecule has 3 rings (SSSR count). The van der Waals surface area contributed by atoms with Crippen molar-refractivity contribution in [2.24, 2.45) is 0 Å². The van der Waals surface area contributed by atoms with Gasteiger partial charge in [0.15, 0.2) is 5.76 Å². The van der Waals surface area contributed by atoms with Crippen LogP contribution in [0, 0.1) is 20.8 Å². The molecular formula is C20H21N3O4S2. The van der Waals surface area contributed by atoms with Crippen molar-refractivity contribution >= 4 is 50.8 Å². The van der Waals surface area contributed by atoms with Gasteiger partial charge in [0.1, 0.15) is 15.6 Å². The lowest BCUT2D eigenvalue weighted by Gasteiger charge is -2.10. The maximum Gasteiger partial charge on any atom is 0.271 e. The van der Waals surface area contributed by atoms with Crippen LogP contribution in [0.5, 0.6) is 0 Å². The van der Waals surface area contributed by atoms with Crippen LogP contribution >= 0.6 is 11.3 Å². The van der Waals surface area contributed by atoms with Crippen LogP contribution < -0.4 is 10.0 Å². The molecule has 0 bridgehead atoms. The minimum absolute atomic E-state index is 0.203. The van der Waals surface area contributed by atoms with Gasteiger partial charge >= 0.3 is 0 Å². The summed E-state index contributed by atoms with van der Waals surface area (Å²) >= 11 is 1.13. The van der Waals surface area contributed by atoms with E-state index >= 15 is 0 Å². The zero-order chi connectivity index (χ0) is 21.2. The summed E-state index contributed by atoms with van der Waals surface area (Å²) in [4.78, 5) is 12.0. The normalized spacial score (nSPS) is 11.7. The summed E-state index contributed by atoms with van der Waals surface area (Å²) in [5.74, 6) is 0.164. The number of thiophene rings is 1. The molecule has 0 aliphatic heterocycles. The van der Waals surface area contributed by atoms with Crippen molar-refractivity contribution in [3.8, 4) is 0 Å². The number of sulfonamides is 1. The molecule has 0 aliphatic carbocycles. The van der Waals surface area contributed by atoms with E-state index in [4.69, 9.17) is 4.52 Å². The van der Waals surface area contributed by atoms with Crippen LogP contribution in [0.4, 0.5) is 11.4 Å². The van der Waals surface area contributed by atoms with Crippen LogP contribution in [-0.4, -0.2) is 19.5 Å². The average molecular weight is 432 g/mol. The quantitative estimate of drug-likeness (QED) is 0.594. The van der Waals surface area contributed by atoms with Crippen LogP contribution in [0.3, 0.4) is 0 Å². The van der Waals surface area contributed by atoms with E-state index < -0.39 is 10.0 Å². The molecule has 7 nitrogen and oxygen atoms in total. The van der Waals surface area contributed by atoms with Crippen LogP contribution in [0.15, 0.2) is 39.1 Å². The van der Waals surface area contributed by atoms with Crippen LogP contribution in [-0.2, 0) is 14.8 Å². The standard InChI is InChI=1S/C20H21N3O4S2/c1-12-5-6-13(2)17(11-12)23-29(25,26)19-10-8-16(28-19)7-9-18-20(21-15(4)24)14(3)22-27-18/h5-11,23H,1-4H3,(H,21,24). The summed E-state index contributed by atoms with van der Waals surface area (Å²) in [6.45, 7) is 6.89. The molecule has 3 aromatic rings. The monoisotopic (exact) mass is 431 g/mol. The highest BCUT2D eigenvalue weighted by atomic mass is 32.2. The molecule has 0 fully saturated rings. The Bertz CT molecular complexity index is 1190. The Labute approximate surface area is 173 Å². The zero-order valence-electron chi connectivity index (χ0n) is 16.4. The number of benzene rings is 1. The predicted octanol–water partition coefficient (Wildman–Crippen LogP) is 4.59. The summed E-state index contributed by atoms with van der Waals surface area (Å²) in [5.41, 5.74) is 3.44. The largest absolute Gasteiger partial charge is 0.354 e. The highest BCUT2D eigenvalue weighted by Crippen LogP contribution is 2.28. The number of carbonyl (C=O) groups excluding carboxylic acids is 1. The fourth-order valence-electron chi connectivity index (χ4n) is 2.60. The van der Waals surface area contributed by atoms with Crippen molar-refractivity contribution < 1.29 is 17.7 Å². The van der Waals surface area contributed by atoms with Crippen molar-refractivity contribution in [2.45, 2.75) is 31.9 Å². The second-order valence-electron chi connectivity index (χ2n) is 6.60. The first-order chi connectivity index (χ1) is 13.7. The maximum absolute atomic E-state index is 12.7. The van der Waals surface area contributed by atoms with Crippen molar-refractivity contribution in [1.82, 2.24) is 5.16 Å². The Morgan fingerprint density at radius 3 is 2.62 bits per heavy atom. The fraction of sp³-hybridized carbons (Fsp3) is 0.200. The lowest BCUT2D eigenvalue weighted by atomic mass is 10.1. The number of hydrogen-bond acceptors (Lipinski definition) is 6. The lowest BCUT2D eigenvalue weighted by molar-refractivity contribution is -0.114. The molecule has 0 spiro atoms. The Balaban J connectivity index is 1.81. The molecule has 0 unspecified atom stereocenters. The van der Waals surface area contributed by atoms with Gasteiger partial charge in [0.2, 0.25) is 5.91 Å². The molecule has 0 saturated carbocycles. The number of aromatic nitrogens is 1. The minimum Gasteiger partial charge on any atom is -0.354 e. The number of rotatable bonds is 6. The van der Waals surface area contributed by atoms with E-state index in [1.807, 2.05) is 26.0 Å². The molecule has 0 aliphatic rings. The highest BCUT2D eigenvalue weighted by molar-refractivity contribution is 7.94. The van der Waals surface area contributed by atoms with Crippen molar-refractivity contribution in [1.29, 1.82) is 0 Å². The van der Waals surface area contributed by atoms with Gasteiger partial charge in [-0.3, -0.25) is 9.52 Å². The Hall–Kier alpha value is -2.91. The number of aryl methyl sites for hydroxylation is 3. The molecule has 29 heavy (non-hydrogen) atoms. The third-order valence-electron chi connectivity index (χ3n) is 4.09. The molecule has 2 aromatic heterocycles. The van der Waals surface area contributed by atoms with Crippen LogP contribution in [0.1, 0.15) is 34.4 Å². The van der Waals surface area contributed by atoms with E-state index in [0.29, 0.717) is 27.7 Å². The van der Waals surface area contributed by atoms with Gasteiger partial charge in [0.25, 0.3) is 10.0 Å². The molecule has 152 valence electrons. The SMILES string of the molecule is CC(=O)Nc1c(C)noc1C=Cc1ccc(S(=O)(=O)Nc2cc(C)ccc2C)s1. The molecule has 1 amide bonds. The van der Waals surface area contributed by atoms with Crippen molar-refractivity contribution in [3.05, 3.63) is 57.8 Å². The number of hydrogen-bond donors (Lipinski definition) is 2. The van der Waals surface area contributed by atoms with Gasteiger partial charge < -0.3 is 9.84 Å². The van der Waals surface area contributed by atoms with Gasteiger partial charge in [-0.15, -0.1) is 11.3 Å². The summed E-state index contributed by atoms with van der Waals surface area (Å²) in [7, 11) is -3.69. The van der Waals surface area contributed by atoms with Gasteiger partial charge in [0, 0.05) is 11.8 Å². The van der Waals surface area contributed by atoms with Gasteiger partial charge in [-0.05, 0) is 62.2 Å². The number of anilines is 2. The first kappa shape index (κ1) is 20.8. The Morgan fingerprint density at radius 2 is 1.90 bits per heavy atom. The summed E-state index contributed by atoms with van der Waals surface area (Å²) < 4.78 is 33.5. The van der Waals surface area contributed by atoms with E-state index in [1.165, 1.54) is 6.92 Å². The first-order valence-corrected chi connectivity index (χ1v) is 11.1. The van der Waals surface area contributed by atoms with Gasteiger partial charge in [-0.2, -0.15) is 0 Å². The molecular weight excluding hydrogens is 410 g/mol. The average Bonchev–Trinajstić information content (AvgIpc) is 3.24. The molecule has 0 atom stereocenters. The summed E-state index contributed by atoms with van der Waals surface area (Å²) in [6.07, 6.45) is 3.36. The van der Waals surface area contributed by atoms with Gasteiger partial charge in [0.05, 0.1) is 5.69 Å². The van der Waals surface area contributed by atoms with E-state index in [1.54, 1.807) is 37.3 Å². The van der Waals surface area contributed by atoms with Gasteiger partial charge in [-0.1, -0.05) is 17.3 Å².